The van der Waals surface area contributed by atoms with Crippen molar-refractivity contribution >= 4 is 43.6 Å². The summed E-state index contributed by atoms with van der Waals surface area (Å²) in [5.41, 5.74) is 2.43. The summed E-state index contributed by atoms with van der Waals surface area (Å²) in [7, 11) is -1.52. The highest BCUT2D eigenvalue weighted by Crippen LogP contribution is 2.59. The maximum absolute atomic E-state index is 14.0. The van der Waals surface area contributed by atoms with Crippen LogP contribution in [0.15, 0.2) is 66.7 Å². The highest BCUT2D eigenvalue weighted by Gasteiger charge is 2.55. The number of esters is 1. The smallest absolute Gasteiger partial charge is 0.456 e. The van der Waals surface area contributed by atoms with E-state index in [1.54, 1.807) is 35.2 Å². The maximum atomic E-state index is 14.0. The van der Waals surface area contributed by atoms with E-state index >= 15 is 0 Å². The molecule has 0 bridgehead atoms. The zero-order valence-electron chi connectivity index (χ0n) is 36.0. The number of rotatable bonds is 11. The van der Waals surface area contributed by atoms with Gasteiger partial charge in [-0.25, -0.2) is 9.46 Å². The van der Waals surface area contributed by atoms with Gasteiger partial charge in [0.05, 0.1) is 36.0 Å². The van der Waals surface area contributed by atoms with Crippen LogP contribution in [0.3, 0.4) is 0 Å². The van der Waals surface area contributed by atoms with Crippen LogP contribution in [0, 0.1) is 11.3 Å². The molecule has 4 heterocycles. The SMILES string of the molecule is CC(=O)N1CCCc2cc3c(cc21)Oc1cc2c(cc1C31OC(=O)c3ccc(C(=O)NCc4ccc(OP(OCCC#N)N(C(C)C)C(C)C)cc4)cc31)CCCN2C(=O)C(F)(F)F. The second-order valence-corrected chi connectivity index (χ2v) is 18.1. The number of benzene rings is 4. The van der Waals surface area contributed by atoms with Crippen molar-refractivity contribution in [1.29, 1.82) is 5.26 Å². The summed E-state index contributed by atoms with van der Waals surface area (Å²) in [4.78, 5) is 55.7. The van der Waals surface area contributed by atoms with Crippen molar-refractivity contribution in [2.45, 2.75) is 97.1 Å². The lowest BCUT2D eigenvalue weighted by molar-refractivity contribution is -0.170. The Bertz CT molecular complexity index is 2570. The van der Waals surface area contributed by atoms with Gasteiger partial charge in [-0.15, -0.1) is 0 Å². The number of nitrogens with zero attached hydrogens (tertiary/aromatic N) is 4. The topological polar surface area (TPSA) is 151 Å². The molecule has 4 aromatic rings. The van der Waals surface area contributed by atoms with Crippen molar-refractivity contribution in [3.05, 3.63) is 111 Å². The van der Waals surface area contributed by atoms with Crippen molar-refractivity contribution in [2.24, 2.45) is 0 Å². The van der Waals surface area contributed by atoms with Crippen LogP contribution in [0.2, 0.25) is 0 Å². The molecule has 0 saturated carbocycles. The molecule has 334 valence electrons. The Balaban J connectivity index is 1.13. The van der Waals surface area contributed by atoms with Crippen LogP contribution in [-0.4, -0.2) is 66.3 Å². The number of anilines is 2. The van der Waals surface area contributed by atoms with Crippen LogP contribution in [0.1, 0.15) is 108 Å². The van der Waals surface area contributed by atoms with Gasteiger partial charge in [-0.1, -0.05) is 12.1 Å². The number of aryl methyl sites for hydroxylation is 2. The minimum absolute atomic E-state index is 0.0318. The Morgan fingerprint density at radius 1 is 0.891 bits per heavy atom. The van der Waals surface area contributed by atoms with Crippen molar-refractivity contribution < 1.29 is 50.9 Å². The minimum atomic E-state index is -5.12. The summed E-state index contributed by atoms with van der Waals surface area (Å²) >= 11 is 0. The fourth-order valence-electron chi connectivity index (χ4n) is 9.03. The number of nitrogens with one attached hydrogen (secondary N) is 1. The van der Waals surface area contributed by atoms with Crippen molar-refractivity contribution in [1.82, 2.24) is 9.99 Å². The van der Waals surface area contributed by atoms with Crippen LogP contribution in [-0.2, 0) is 43.8 Å². The van der Waals surface area contributed by atoms with Crippen molar-refractivity contribution in [3.8, 4) is 23.3 Å². The summed E-state index contributed by atoms with van der Waals surface area (Å²) in [6.07, 6.45) is -3.00. The number of carbonyl (C=O) groups is 4. The monoisotopic (exact) mass is 897 g/mol. The van der Waals surface area contributed by atoms with Gasteiger partial charge in [-0.3, -0.25) is 14.4 Å². The molecule has 17 heteroatoms. The van der Waals surface area contributed by atoms with Gasteiger partial charge >= 0.3 is 26.6 Å². The normalized spacial score (nSPS) is 17.8. The van der Waals surface area contributed by atoms with Gasteiger partial charge in [0.25, 0.3) is 5.91 Å². The van der Waals surface area contributed by atoms with E-state index in [2.05, 4.69) is 43.8 Å². The average Bonchev–Trinajstić information content (AvgIpc) is 3.55. The van der Waals surface area contributed by atoms with Crippen LogP contribution in [0.25, 0.3) is 0 Å². The van der Waals surface area contributed by atoms with E-state index in [4.69, 9.17) is 23.8 Å². The molecule has 0 radical (unpaired) electrons. The highest BCUT2D eigenvalue weighted by molar-refractivity contribution is 7.45. The van der Waals surface area contributed by atoms with Crippen LogP contribution < -0.4 is 24.4 Å². The van der Waals surface area contributed by atoms with E-state index in [1.807, 2.05) is 18.2 Å². The molecular formula is C47H47F3N5O8P. The van der Waals surface area contributed by atoms with Crippen LogP contribution in [0.4, 0.5) is 24.5 Å². The number of hydrogen-bond donors (Lipinski definition) is 1. The average molecular weight is 898 g/mol. The molecule has 2 atom stereocenters. The first-order chi connectivity index (χ1) is 30.5. The summed E-state index contributed by atoms with van der Waals surface area (Å²) in [5, 5.41) is 12.0. The number of nitriles is 1. The lowest BCUT2D eigenvalue weighted by Crippen LogP contribution is -2.44. The third-order valence-corrected chi connectivity index (χ3v) is 13.9. The summed E-state index contributed by atoms with van der Waals surface area (Å²) in [6, 6.07) is 20.8. The number of alkyl halides is 3. The molecule has 4 aliphatic rings. The third-order valence-electron chi connectivity index (χ3n) is 11.8. The standard InChI is InChI=1S/C47H47F3N5O8P/c1-27(2)55(28(3)4)64(60-20-8-17-51)63-34-14-11-30(12-15-34)26-52-43(57)33-13-16-35-36(23-33)46(62-44(35)58)37-21-31-9-6-18-53(29(5)56)39(31)24-41(37)61-42-25-40-32(22-38(42)46)10-7-19-54(40)45(59)47(48,49)50/h11-16,21-25,27-28H,6-10,18-20,26H2,1-5H3,(H,52,57). The van der Waals surface area contributed by atoms with E-state index in [1.165, 1.54) is 25.1 Å². The van der Waals surface area contributed by atoms with Crippen LogP contribution in [0.5, 0.6) is 17.2 Å². The van der Waals surface area contributed by atoms with E-state index in [-0.39, 0.29) is 78.8 Å². The Morgan fingerprint density at radius 2 is 1.50 bits per heavy atom. The Hall–Kier alpha value is -6.01. The molecule has 4 aromatic carbocycles. The van der Waals surface area contributed by atoms with E-state index in [0.29, 0.717) is 64.4 Å². The van der Waals surface area contributed by atoms with E-state index in [0.717, 1.165) is 11.1 Å². The van der Waals surface area contributed by atoms with Gasteiger partial charge < -0.3 is 33.6 Å². The molecule has 1 spiro atoms. The molecule has 3 amide bonds. The van der Waals surface area contributed by atoms with Crippen molar-refractivity contribution in [3.63, 3.8) is 0 Å². The fourth-order valence-corrected chi connectivity index (χ4v) is 10.6. The number of hydrogen-bond acceptors (Lipinski definition) is 10. The minimum Gasteiger partial charge on any atom is -0.456 e. The predicted molar refractivity (Wildman–Crippen MR) is 231 cm³/mol. The lowest BCUT2D eigenvalue weighted by Gasteiger charge is -2.40. The van der Waals surface area contributed by atoms with Gasteiger partial charge in [0, 0.05) is 73.0 Å². The third kappa shape index (κ3) is 8.17. The molecule has 13 nitrogen and oxygen atoms in total. The van der Waals surface area contributed by atoms with Gasteiger partial charge in [-0.2, -0.15) is 18.4 Å². The molecule has 0 aromatic heterocycles. The maximum Gasteiger partial charge on any atom is 0.471 e. The van der Waals surface area contributed by atoms with Gasteiger partial charge in [-0.05, 0) is 113 Å². The van der Waals surface area contributed by atoms with E-state index < -0.39 is 38.1 Å². The van der Waals surface area contributed by atoms with Crippen LogP contribution >= 0.6 is 8.53 Å². The summed E-state index contributed by atoms with van der Waals surface area (Å²) < 4.78 is 68.9. The summed E-state index contributed by atoms with van der Waals surface area (Å²) in [6.45, 7) is 10.3. The largest absolute Gasteiger partial charge is 0.471 e. The summed E-state index contributed by atoms with van der Waals surface area (Å²) in [5.74, 6) is -2.49. The molecule has 4 aliphatic heterocycles. The number of fused-ring (bicyclic) bond motifs is 8. The number of halogens is 3. The predicted octanol–water partition coefficient (Wildman–Crippen LogP) is 8.98. The Morgan fingerprint density at radius 3 is 2.08 bits per heavy atom. The first-order valence-corrected chi connectivity index (χ1v) is 22.4. The first kappa shape index (κ1) is 44.6. The Labute approximate surface area is 370 Å². The lowest BCUT2D eigenvalue weighted by atomic mass is 9.75. The zero-order valence-corrected chi connectivity index (χ0v) is 36.9. The first-order valence-electron chi connectivity index (χ1n) is 21.2. The quantitative estimate of drug-likeness (QED) is 0.0878. The van der Waals surface area contributed by atoms with Gasteiger partial charge in [0.2, 0.25) is 5.91 Å². The highest BCUT2D eigenvalue weighted by atomic mass is 31.2. The second-order valence-electron chi connectivity index (χ2n) is 16.7. The van der Waals surface area contributed by atoms with Crippen molar-refractivity contribution in [2.75, 3.05) is 29.5 Å². The fraction of sp³-hybridized carbons (Fsp3) is 0.383. The Kier molecular flexibility index (Phi) is 12.2. The molecule has 64 heavy (non-hydrogen) atoms. The molecule has 1 N–H and O–H groups in total. The molecule has 0 fully saturated rings. The van der Waals surface area contributed by atoms with Gasteiger partial charge in [0.1, 0.15) is 17.2 Å². The molecule has 0 saturated heterocycles. The number of carbonyl (C=O) groups excluding carboxylic acids is 4. The molecular weight excluding hydrogens is 851 g/mol. The zero-order chi connectivity index (χ0) is 45.7. The van der Waals surface area contributed by atoms with Gasteiger partial charge in [0.15, 0.2) is 5.60 Å². The molecule has 8 rings (SSSR count). The molecule has 0 aliphatic carbocycles. The molecule has 2 unspecified atom stereocenters. The van der Waals surface area contributed by atoms with E-state index in [9.17, 15) is 32.3 Å². The number of amides is 3. The number of ether oxygens (including phenoxy) is 2. The second kappa shape index (κ2) is 17.5.